The Bertz CT molecular complexity index is 672. The summed E-state index contributed by atoms with van der Waals surface area (Å²) in [5, 5.41) is 12.1. The van der Waals surface area contributed by atoms with Gasteiger partial charge in [-0.05, 0) is 42.3 Å². The highest BCUT2D eigenvalue weighted by atomic mass is 35.5. The molecule has 100 valence electrons. The number of nitrogens with one attached hydrogen (secondary N) is 1. The van der Waals surface area contributed by atoms with Crippen molar-refractivity contribution in [1.82, 2.24) is 0 Å². The van der Waals surface area contributed by atoms with Crippen molar-refractivity contribution in [3.05, 3.63) is 64.2 Å². The normalized spacial score (nSPS) is 9.85. The van der Waals surface area contributed by atoms with Crippen LogP contribution in [0.15, 0.2) is 42.5 Å². The molecule has 0 saturated heterocycles. The molecule has 1 amide bonds. The number of carbonyl (C=O) groups is 1. The van der Waals surface area contributed by atoms with Gasteiger partial charge < -0.3 is 5.32 Å². The van der Waals surface area contributed by atoms with Crippen LogP contribution in [0.3, 0.4) is 0 Å². The van der Waals surface area contributed by atoms with Gasteiger partial charge >= 0.3 is 0 Å². The van der Waals surface area contributed by atoms with Gasteiger partial charge in [-0.1, -0.05) is 29.8 Å². The molecule has 0 aromatic heterocycles. The Balaban J connectivity index is 2.01. The van der Waals surface area contributed by atoms with Crippen LogP contribution < -0.4 is 5.32 Å². The lowest BCUT2D eigenvalue weighted by Crippen LogP contribution is -2.14. The lowest BCUT2D eigenvalue weighted by molar-refractivity contribution is -0.115. The molecule has 0 saturated carbocycles. The quantitative estimate of drug-likeness (QED) is 0.934. The molecule has 0 atom stereocenters. The van der Waals surface area contributed by atoms with Crippen molar-refractivity contribution < 1.29 is 4.79 Å². The second-order valence-electron chi connectivity index (χ2n) is 4.50. The maximum atomic E-state index is 11.9. The van der Waals surface area contributed by atoms with Crippen LogP contribution in [0.1, 0.15) is 16.7 Å². The maximum absolute atomic E-state index is 11.9. The van der Waals surface area contributed by atoms with Crippen molar-refractivity contribution in [2.24, 2.45) is 0 Å². The maximum Gasteiger partial charge on any atom is 0.228 e. The van der Waals surface area contributed by atoms with Gasteiger partial charge in [-0.15, -0.1) is 0 Å². The highest BCUT2D eigenvalue weighted by Gasteiger charge is 2.05. The third-order valence-electron chi connectivity index (χ3n) is 2.90. The first-order valence-corrected chi connectivity index (χ1v) is 6.51. The zero-order valence-electron chi connectivity index (χ0n) is 11.0. The molecule has 0 aliphatic rings. The molecule has 0 fully saturated rings. The summed E-state index contributed by atoms with van der Waals surface area (Å²) in [5.74, 6) is -0.116. The summed E-state index contributed by atoms with van der Waals surface area (Å²) in [5.41, 5.74) is 3.09. The zero-order chi connectivity index (χ0) is 14.5. The number of aryl methyl sites for hydroxylation is 1. The van der Waals surface area contributed by atoms with Crippen LogP contribution in [0, 0.1) is 18.3 Å². The van der Waals surface area contributed by atoms with E-state index in [0.29, 0.717) is 16.3 Å². The van der Waals surface area contributed by atoms with E-state index >= 15 is 0 Å². The molecule has 20 heavy (non-hydrogen) atoms. The largest absolute Gasteiger partial charge is 0.326 e. The van der Waals surface area contributed by atoms with Gasteiger partial charge in [0, 0.05) is 10.7 Å². The van der Waals surface area contributed by atoms with Crippen molar-refractivity contribution in [2.75, 3.05) is 5.32 Å². The van der Waals surface area contributed by atoms with E-state index in [1.165, 1.54) is 0 Å². The standard InChI is InChI=1S/C16H13ClN2O/c1-11-2-7-14(9-15(11)17)19-16(20)8-12-3-5-13(10-18)6-4-12/h2-7,9H,8H2,1H3,(H,19,20). The number of rotatable bonds is 3. The second-order valence-corrected chi connectivity index (χ2v) is 4.90. The minimum Gasteiger partial charge on any atom is -0.326 e. The average molecular weight is 285 g/mol. The number of nitrogens with zero attached hydrogens (tertiary/aromatic N) is 1. The lowest BCUT2D eigenvalue weighted by Gasteiger charge is -2.07. The predicted octanol–water partition coefficient (Wildman–Crippen LogP) is 3.70. The molecule has 4 heteroatoms. The zero-order valence-corrected chi connectivity index (χ0v) is 11.7. The number of halogens is 1. The van der Waals surface area contributed by atoms with E-state index in [1.807, 2.05) is 25.1 Å². The Morgan fingerprint density at radius 3 is 2.55 bits per heavy atom. The molecule has 0 aliphatic heterocycles. The van der Waals surface area contributed by atoms with Crippen molar-refractivity contribution in [1.29, 1.82) is 5.26 Å². The van der Waals surface area contributed by atoms with Crippen LogP contribution in [0.4, 0.5) is 5.69 Å². The van der Waals surface area contributed by atoms with E-state index < -0.39 is 0 Å². The minimum absolute atomic E-state index is 0.116. The Kier molecular flexibility index (Phi) is 4.39. The number of hydrogen-bond donors (Lipinski definition) is 1. The monoisotopic (exact) mass is 284 g/mol. The summed E-state index contributed by atoms with van der Waals surface area (Å²) < 4.78 is 0. The van der Waals surface area contributed by atoms with Crippen molar-refractivity contribution in [3.63, 3.8) is 0 Å². The molecule has 2 rings (SSSR count). The van der Waals surface area contributed by atoms with Gasteiger partial charge in [0.15, 0.2) is 0 Å². The van der Waals surface area contributed by atoms with Crippen molar-refractivity contribution in [2.45, 2.75) is 13.3 Å². The molecule has 0 bridgehead atoms. The number of anilines is 1. The van der Waals surface area contributed by atoms with E-state index in [1.54, 1.807) is 30.3 Å². The first kappa shape index (κ1) is 14.1. The molecule has 2 aromatic rings. The Hall–Kier alpha value is -2.31. The van der Waals surface area contributed by atoms with Crippen LogP contribution in [0.25, 0.3) is 0 Å². The number of benzene rings is 2. The number of nitriles is 1. The Morgan fingerprint density at radius 2 is 1.95 bits per heavy atom. The predicted molar refractivity (Wildman–Crippen MR) is 79.7 cm³/mol. The van der Waals surface area contributed by atoms with Gasteiger partial charge in [0.2, 0.25) is 5.91 Å². The van der Waals surface area contributed by atoms with Crippen LogP contribution in [0.2, 0.25) is 5.02 Å². The summed E-state index contributed by atoms with van der Waals surface area (Å²) in [7, 11) is 0. The summed E-state index contributed by atoms with van der Waals surface area (Å²) in [4.78, 5) is 11.9. The highest BCUT2D eigenvalue weighted by Crippen LogP contribution is 2.20. The second kappa shape index (κ2) is 6.23. The minimum atomic E-state index is -0.116. The fourth-order valence-corrected chi connectivity index (χ4v) is 1.94. The molecule has 3 nitrogen and oxygen atoms in total. The SMILES string of the molecule is Cc1ccc(NC(=O)Cc2ccc(C#N)cc2)cc1Cl. The van der Waals surface area contributed by atoms with Crippen LogP contribution >= 0.6 is 11.6 Å². The average Bonchev–Trinajstić information content (AvgIpc) is 2.44. The molecule has 0 aliphatic carbocycles. The molecule has 2 aromatic carbocycles. The smallest absolute Gasteiger partial charge is 0.228 e. The van der Waals surface area contributed by atoms with E-state index in [0.717, 1.165) is 11.1 Å². The van der Waals surface area contributed by atoms with Crippen LogP contribution in [-0.2, 0) is 11.2 Å². The summed E-state index contributed by atoms with van der Waals surface area (Å²) >= 11 is 6.01. The fourth-order valence-electron chi connectivity index (χ4n) is 1.76. The van der Waals surface area contributed by atoms with Crippen molar-refractivity contribution in [3.8, 4) is 6.07 Å². The van der Waals surface area contributed by atoms with Crippen LogP contribution in [-0.4, -0.2) is 5.91 Å². The number of amides is 1. The van der Waals surface area contributed by atoms with E-state index in [9.17, 15) is 4.79 Å². The molecular formula is C16H13ClN2O. The number of carbonyl (C=O) groups excluding carboxylic acids is 1. The molecule has 0 spiro atoms. The van der Waals surface area contributed by atoms with Gasteiger partial charge in [0.05, 0.1) is 18.1 Å². The van der Waals surface area contributed by atoms with Gasteiger partial charge in [-0.2, -0.15) is 5.26 Å². The molecule has 1 N–H and O–H groups in total. The highest BCUT2D eigenvalue weighted by molar-refractivity contribution is 6.31. The number of hydrogen-bond acceptors (Lipinski definition) is 2. The van der Waals surface area contributed by atoms with Gasteiger partial charge in [0.1, 0.15) is 0 Å². The van der Waals surface area contributed by atoms with E-state index in [4.69, 9.17) is 16.9 Å². The molecule has 0 heterocycles. The van der Waals surface area contributed by atoms with Gasteiger partial charge in [-0.25, -0.2) is 0 Å². The molecule has 0 unspecified atom stereocenters. The van der Waals surface area contributed by atoms with E-state index in [-0.39, 0.29) is 12.3 Å². The molecular weight excluding hydrogens is 272 g/mol. The fraction of sp³-hybridized carbons (Fsp3) is 0.125. The summed E-state index contributed by atoms with van der Waals surface area (Å²) in [6.45, 7) is 1.91. The van der Waals surface area contributed by atoms with Crippen LogP contribution in [0.5, 0.6) is 0 Å². The van der Waals surface area contributed by atoms with E-state index in [2.05, 4.69) is 5.32 Å². The first-order valence-electron chi connectivity index (χ1n) is 6.13. The summed E-state index contributed by atoms with van der Waals surface area (Å²) in [6, 6.07) is 14.4. The summed E-state index contributed by atoms with van der Waals surface area (Å²) in [6.07, 6.45) is 0.261. The Labute approximate surface area is 122 Å². The van der Waals surface area contributed by atoms with Gasteiger partial charge in [0.25, 0.3) is 0 Å². The lowest BCUT2D eigenvalue weighted by atomic mass is 10.1. The van der Waals surface area contributed by atoms with Crippen molar-refractivity contribution >= 4 is 23.2 Å². The topological polar surface area (TPSA) is 52.9 Å². The third-order valence-corrected chi connectivity index (χ3v) is 3.31. The third kappa shape index (κ3) is 3.59. The first-order chi connectivity index (χ1) is 9.58. The molecule has 0 radical (unpaired) electrons. The Morgan fingerprint density at radius 1 is 1.25 bits per heavy atom. The van der Waals surface area contributed by atoms with Gasteiger partial charge in [-0.3, -0.25) is 4.79 Å².